The van der Waals surface area contributed by atoms with E-state index in [9.17, 15) is 10.1 Å². The Morgan fingerprint density at radius 1 is 1.36 bits per heavy atom. The molecule has 0 spiro atoms. The molecule has 4 heterocycles. The van der Waals surface area contributed by atoms with Gasteiger partial charge in [0.15, 0.2) is 5.76 Å². The van der Waals surface area contributed by atoms with Gasteiger partial charge in [0, 0.05) is 0 Å². The van der Waals surface area contributed by atoms with E-state index in [4.69, 9.17) is 8.83 Å². The Hall–Kier alpha value is -3.67. The molecule has 0 N–H and O–H groups in total. The number of nitro groups is 1. The topological polar surface area (TPSA) is 130 Å². The van der Waals surface area contributed by atoms with Crippen molar-refractivity contribution in [1.82, 2.24) is 24.7 Å². The Labute approximate surface area is 161 Å². The summed E-state index contributed by atoms with van der Waals surface area (Å²) in [6.07, 6.45) is 7.49. The molecule has 28 heavy (non-hydrogen) atoms. The van der Waals surface area contributed by atoms with Crippen molar-refractivity contribution in [2.24, 2.45) is 5.10 Å². The molecular weight excluding hydrogens is 386 g/mol. The number of furan rings is 2. The Morgan fingerprint density at radius 2 is 2.25 bits per heavy atom. The average molecular weight is 399 g/mol. The number of nitrogens with zero attached hydrogens (tertiary/aromatic N) is 7. The van der Waals surface area contributed by atoms with Gasteiger partial charge in [-0.1, -0.05) is 11.8 Å². The summed E-state index contributed by atoms with van der Waals surface area (Å²) >= 11 is 1.40. The number of hydrogen-bond acceptors (Lipinski definition) is 9. The van der Waals surface area contributed by atoms with Gasteiger partial charge in [-0.2, -0.15) is 14.9 Å². The van der Waals surface area contributed by atoms with Crippen LogP contribution in [0.15, 0.2) is 62.0 Å². The molecule has 0 radical (unpaired) electrons. The highest BCUT2D eigenvalue weighted by Crippen LogP contribution is 2.23. The van der Waals surface area contributed by atoms with Crippen LogP contribution in [-0.4, -0.2) is 42.0 Å². The van der Waals surface area contributed by atoms with E-state index in [1.165, 1.54) is 35.1 Å². The minimum absolute atomic E-state index is 0.0731. The Bertz CT molecular complexity index is 1130. The molecule has 0 saturated carbocycles. The lowest BCUT2D eigenvalue weighted by molar-refractivity contribution is -0.385. The van der Waals surface area contributed by atoms with Crippen molar-refractivity contribution in [3.8, 4) is 11.6 Å². The SMILES string of the molecule is CSc1nnc(-c2ccco2)n1/N=C\c1ccc(Cn2cc([N+](=O)[O-])cn2)o1. The van der Waals surface area contributed by atoms with Crippen molar-refractivity contribution in [3.63, 3.8) is 0 Å². The quantitative estimate of drug-likeness (QED) is 0.201. The van der Waals surface area contributed by atoms with Gasteiger partial charge in [0.2, 0.25) is 11.0 Å². The predicted molar refractivity (Wildman–Crippen MR) is 99.2 cm³/mol. The molecule has 0 amide bonds. The molecule has 142 valence electrons. The summed E-state index contributed by atoms with van der Waals surface area (Å²) in [7, 11) is 0. The summed E-state index contributed by atoms with van der Waals surface area (Å²) < 4.78 is 14.1. The molecule has 4 aromatic heterocycles. The largest absolute Gasteiger partial charge is 0.461 e. The van der Waals surface area contributed by atoms with Crippen molar-refractivity contribution in [1.29, 1.82) is 0 Å². The average Bonchev–Trinajstić information content (AvgIpc) is 3.46. The lowest BCUT2D eigenvalue weighted by atomic mass is 10.4. The second kappa shape index (κ2) is 7.52. The van der Waals surface area contributed by atoms with Crippen LogP contribution in [0.25, 0.3) is 11.6 Å². The highest BCUT2D eigenvalue weighted by atomic mass is 32.2. The molecule has 0 aliphatic heterocycles. The van der Waals surface area contributed by atoms with Gasteiger partial charge in [-0.15, -0.1) is 10.2 Å². The van der Waals surface area contributed by atoms with Gasteiger partial charge in [-0.3, -0.25) is 14.8 Å². The van der Waals surface area contributed by atoms with Crippen LogP contribution in [0.1, 0.15) is 11.5 Å². The van der Waals surface area contributed by atoms with E-state index in [0.717, 1.165) is 0 Å². The minimum atomic E-state index is -0.497. The molecule has 0 aliphatic rings. The Kier molecular flexibility index (Phi) is 4.76. The first-order valence-corrected chi connectivity index (χ1v) is 9.19. The smallest absolute Gasteiger partial charge is 0.307 e. The first kappa shape index (κ1) is 17.7. The zero-order valence-corrected chi connectivity index (χ0v) is 15.3. The summed E-state index contributed by atoms with van der Waals surface area (Å²) in [6, 6.07) is 7.03. The third-order valence-corrected chi connectivity index (χ3v) is 4.29. The first-order chi connectivity index (χ1) is 13.6. The highest BCUT2D eigenvalue weighted by molar-refractivity contribution is 7.98. The van der Waals surface area contributed by atoms with Gasteiger partial charge in [0.25, 0.3) is 0 Å². The third-order valence-electron chi connectivity index (χ3n) is 3.67. The number of thioether (sulfide) groups is 1. The molecule has 0 aromatic carbocycles. The van der Waals surface area contributed by atoms with E-state index < -0.39 is 4.92 Å². The van der Waals surface area contributed by atoms with Gasteiger partial charge in [-0.05, 0) is 30.5 Å². The van der Waals surface area contributed by atoms with E-state index in [1.807, 2.05) is 6.26 Å². The highest BCUT2D eigenvalue weighted by Gasteiger charge is 2.15. The maximum Gasteiger partial charge on any atom is 0.307 e. The van der Waals surface area contributed by atoms with Gasteiger partial charge in [0.1, 0.15) is 23.9 Å². The minimum Gasteiger partial charge on any atom is -0.461 e. The molecule has 11 nitrogen and oxygen atoms in total. The van der Waals surface area contributed by atoms with Crippen LogP contribution in [0.4, 0.5) is 5.69 Å². The number of rotatable bonds is 7. The van der Waals surface area contributed by atoms with Crippen LogP contribution < -0.4 is 0 Å². The Morgan fingerprint density at radius 3 is 2.96 bits per heavy atom. The fourth-order valence-corrected chi connectivity index (χ4v) is 2.84. The maximum absolute atomic E-state index is 10.7. The molecule has 4 aromatic rings. The van der Waals surface area contributed by atoms with Gasteiger partial charge >= 0.3 is 5.69 Å². The summed E-state index contributed by atoms with van der Waals surface area (Å²) in [5.74, 6) is 2.11. The number of aromatic nitrogens is 5. The fraction of sp³-hybridized carbons (Fsp3) is 0.125. The van der Waals surface area contributed by atoms with Gasteiger partial charge in [-0.25, -0.2) is 0 Å². The zero-order chi connectivity index (χ0) is 19.5. The second-order valence-electron chi connectivity index (χ2n) is 5.50. The lowest BCUT2D eigenvalue weighted by Gasteiger charge is -1.99. The van der Waals surface area contributed by atoms with E-state index in [2.05, 4.69) is 20.4 Å². The van der Waals surface area contributed by atoms with Crippen LogP contribution in [0.3, 0.4) is 0 Å². The Balaban J connectivity index is 1.53. The van der Waals surface area contributed by atoms with E-state index in [-0.39, 0.29) is 12.2 Å². The molecule has 4 rings (SSSR count). The summed E-state index contributed by atoms with van der Waals surface area (Å²) in [6.45, 7) is 0.266. The molecule has 0 fully saturated rings. The normalized spacial score (nSPS) is 11.5. The number of hydrogen-bond donors (Lipinski definition) is 0. The van der Waals surface area contributed by atoms with Crippen molar-refractivity contribution >= 4 is 23.7 Å². The third kappa shape index (κ3) is 3.57. The molecule has 0 unspecified atom stereocenters. The van der Waals surface area contributed by atoms with Crippen molar-refractivity contribution < 1.29 is 13.8 Å². The van der Waals surface area contributed by atoms with Crippen molar-refractivity contribution in [2.75, 3.05) is 6.26 Å². The molecule has 0 bridgehead atoms. The van der Waals surface area contributed by atoms with E-state index >= 15 is 0 Å². The van der Waals surface area contributed by atoms with Crippen LogP contribution in [0.5, 0.6) is 0 Å². The van der Waals surface area contributed by atoms with Gasteiger partial charge < -0.3 is 8.83 Å². The summed E-state index contributed by atoms with van der Waals surface area (Å²) in [5, 5.41) is 27.8. The van der Waals surface area contributed by atoms with E-state index in [1.54, 1.807) is 35.2 Å². The van der Waals surface area contributed by atoms with Crippen LogP contribution >= 0.6 is 11.8 Å². The molecule has 0 atom stereocenters. The van der Waals surface area contributed by atoms with Crippen LogP contribution in [0, 0.1) is 10.1 Å². The lowest BCUT2D eigenvalue weighted by Crippen LogP contribution is -1.98. The standard InChI is InChI=1S/C16H13N7O4S/c1-28-16-20-19-15(14-3-2-6-26-14)22(16)18-8-12-4-5-13(27-12)10-21-9-11(7-17-21)23(24)25/h2-9H,10H2,1H3/b18-8-. The second-order valence-corrected chi connectivity index (χ2v) is 6.27. The molecular formula is C16H13N7O4S. The monoisotopic (exact) mass is 399 g/mol. The van der Waals surface area contributed by atoms with Gasteiger partial charge in [0.05, 0.1) is 23.9 Å². The maximum atomic E-state index is 10.7. The summed E-state index contributed by atoms with van der Waals surface area (Å²) in [5.41, 5.74) is -0.0731. The molecule has 0 aliphatic carbocycles. The van der Waals surface area contributed by atoms with E-state index in [0.29, 0.717) is 28.3 Å². The summed E-state index contributed by atoms with van der Waals surface area (Å²) in [4.78, 5) is 10.2. The predicted octanol–water partition coefficient (Wildman–Crippen LogP) is 2.89. The van der Waals surface area contributed by atoms with Crippen LogP contribution in [0.2, 0.25) is 0 Å². The zero-order valence-electron chi connectivity index (χ0n) is 14.5. The van der Waals surface area contributed by atoms with Crippen LogP contribution in [-0.2, 0) is 6.54 Å². The molecule has 0 saturated heterocycles. The molecule has 12 heteroatoms. The first-order valence-electron chi connectivity index (χ1n) is 7.97. The fourth-order valence-electron chi connectivity index (χ4n) is 2.41. The van der Waals surface area contributed by atoms with Crippen molar-refractivity contribution in [2.45, 2.75) is 11.7 Å². The van der Waals surface area contributed by atoms with Crippen molar-refractivity contribution in [3.05, 3.63) is 64.6 Å².